The average molecular weight is 221 g/mol. The first-order valence-corrected chi connectivity index (χ1v) is 5.82. The highest BCUT2D eigenvalue weighted by Gasteiger charge is 2.22. The number of aromatic nitrogens is 1. The van der Waals surface area contributed by atoms with E-state index in [1.807, 2.05) is 0 Å². The van der Waals surface area contributed by atoms with Crippen LogP contribution in [0.2, 0.25) is 0 Å². The molecule has 15 heavy (non-hydrogen) atoms. The predicted octanol–water partition coefficient (Wildman–Crippen LogP) is 2.59. The van der Waals surface area contributed by atoms with E-state index in [9.17, 15) is 0 Å². The van der Waals surface area contributed by atoms with Crippen LogP contribution >= 0.6 is 11.6 Å². The number of para-hydroxylation sites is 1. The number of hydrogen-bond acceptors (Lipinski definition) is 1. The van der Waals surface area contributed by atoms with Gasteiger partial charge in [-0.1, -0.05) is 18.2 Å². The smallest absolute Gasteiger partial charge is 0.0613 e. The molecule has 0 amide bonds. The van der Waals surface area contributed by atoms with Crippen molar-refractivity contribution in [2.75, 3.05) is 12.4 Å². The summed E-state index contributed by atoms with van der Waals surface area (Å²) in [7, 11) is 0. The summed E-state index contributed by atoms with van der Waals surface area (Å²) in [5.41, 5.74) is 3.94. The zero-order valence-corrected chi connectivity index (χ0v) is 9.14. The molecule has 2 N–H and O–H groups in total. The number of rotatable bonds is 1. The molecule has 0 radical (unpaired) electrons. The van der Waals surface area contributed by atoms with Crippen molar-refractivity contribution in [3.05, 3.63) is 35.5 Å². The minimum absolute atomic E-state index is 0.280. The second kappa shape index (κ2) is 3.54. The van der Waals surface area contributed by atoms with Gasteiger partial charge in [0.1, 0.15) is 0 Å². The van der Waals surface area contributed by atoms with Crippen molar-refractivity contribution in [1.82, 2.24) is 10.3 Å². The molecule has 1 atom stereocenters. The summed E-state index contributed by atoms with van der Waals surface area (Å²) in [4.78, 5) is 3.47. The first-order chi connectivity index (χ1) is 7.40. The van der Waals surface area contributed by atoms with E-state index in [4.69, 9.17) is 11.6 Å². The largest absolute Gasteiger partial charge is 0.357 e. The molecule has 3 heteroatoms. The fourth-order valence-corrected chi connectivity index (χ4v) is 2.66. The second-order valence-electron chi connectivity index (χ2n) is 3.97. The second-order valence-corrected chi connectivity index (χ2v) is 4.28. The molecule has 0 saturated heterocycles. The lowest BCUT2D eigenvalue weighted by Crippen LogP contribution is -2.30. The molecule has 3 rings (SSSR count). The molecule has 0 saturated carbocycles. The molecule has 1 unspecified atom stereocenters. The molecule has 0 bridgehead atoms. The van der Waals surface area contributed by atoms with E-state index < -0.39 is 0 Å². The van der Waals surface area contributed by atoms with E-state index in [1.54, 1.807) is 0 Å². The van der Waals surface area contributed by atoms with Crippen LogP contribution < -0.4 is 5.32 Å². The van der Waals surface area contributed by atoms with Gasteiger partial charge in [0.05, 0.1) is 6.04 Å². The summed E-state index contributed by atoms with van der Waals surface area (Å²) < 4.78 is 0. The Morgan fingerprint density at radius 2 is 2.20 bits per heavy atom. The van der Waals surface area contributed by atoms with Crippen LogP contribution in [0.25, 0.3) is 10.9 Å². The van der Waals surface area contributed by atoms with E-state index in [-0.39, 0.29) is 6.04 Å². The van der Waals surface area contributed by atoms with Gasteiger partial charge in [0.2, 0.25) is 0 Å². The first kappa shape index (κ1) is 9.25. The molecule has 2 heterocycles. The Bertz CT molecular complexity index is 489. The van der Waals surface area contributed by atoms with Gasteiger partial charge in [0.25, 0.3) is 0 Å². The van der Waals surface area contributed by atoms with Crippen molar-refractivity contribution in [2.24, 2.45) is 0 Å². The number of fused-ring (bicyclic) bond motifs is 3. The van der Waals surface area contributed by atoms with E-state index in [2.05, 4.69) is 34.6 Å². The molecule has 1 aromatic carbocycles. The lowest BCUT2D eigenvalue weighted by atomic mass is 10.0. The zero-order chi connectivity index (χ0) is 10.3. The van der Waals surface area contributed by atoms with Crippen molar-refractivity contribution < 1.29 is 0 Å². The number of aromatic amines is 1. The van der Waals surface area contributed by atoms with Gasteiger partial charge < -0.3 is 10.3 Å². The number of hydrogen-bond donors (Lipinski definition) is 2. The molecule has 1 aliphatic rings. The molecule has 2 nitrogen and oxygen atoms in total. The van der Waals surface area contributed by atoms with E-state index in [0.29, 0.717) is 5.88 Å². The minimum atomic E-state index is 0.280. The van der Waals surface area contributed by atoms with E-state index >= 15 is 0 Å². The monoisotopic (exact) mass is 220 g/mol. The standard InChI is InChI=1S/C12H13ClN2/c13-7-11-12-9(5-6-14-11)8-3-1-2-4-10(8)15-12/h1-4,11,14-15H,5-7H2. The number of halogens is 1. The minimum Gasteiger partial charge on any atom is -0.357 e. The Hall–Kier alpha value is -0.990. The summed E-state index contributed by atoms with van der Waals surface area (Å²) in [6.45, 7) is 1.02. The third-order valence-corrected chi connectivity index (χ3v) is 3.42. The maximum atomic E-state index is 5.95. The third-order valence-electron chi connectivity index (χ3n) is 3.12. The molecule has 1 aromatic heterocycles. The lowest BCUT2D eigenvalue weighted by Gasteiger charge is -2.22. The molecule has 1 aliphatic heterocycles. The van der Waals surface area contributed by atoms with Gasteiger partial charge in [-0.3, -0.25) is 0 Å². The van der Waals surface area contributed by atoms with E-state index in [1.165, 1.54) is 22.2 Å². The predicted molar refractivity (Wildman–Crippen MR) is 63.5 cm³/mol. The number of H-pyrrole nitrogens is 1. The van der Waals surface area contributed by atoms with Crippen molar-refractivity contribution >= 4 is 22.5 Å². The first-order valence-electron chi connectivity index (χ1n) is 5.29. The van der Waals surface area contributed by atoms with Crippen molar-refractivity contribution in [3.63, 3.8) is 0 Å². The summed E-state index contributed by atoms with van der Waals surface area (Å²) in [6, 6.07) is 8.74. The number of nitrogens with one attached hydrogen (secondary N) is 2. The van der Waals surface area contributed by atoms with Gasteiger partial charge >= 0.3 is 0 Å². The Balaban J connectivity index is 2.24. The van der Waals surface area contributed by atoms with Crippen LogP contribution in [0, 0.1) is 0 Å². The normalized spacial score (nSPS) is 20.5. The molecular weight excluding hydrogens is 208 g/mol. The Morgan fingerprint density at radius 1 is 1.33 bits per heavy atom. The lowest BCUT2D eigenvalue weighted by molar-refractivity contribution is 0.537. The summed E-state index contributed by atoms with van der Waals surface area (Å²) in [5.74, 6) is 0.625. The van der Waals surface area contributed by atoms with Crippen LogP contribution in [0.5, 0.6) is 0 Å². The van der Waals surface area contributed by atoms with Crippen LogP contribution in [-0.4, -0.2) is 17.4 Å². The van der Waals surface area contributed by atoms with Crippen LogP contribution in [0.4, 0.5) is 0 Å². The van der Waals surface area contributed by atoms with Gasteiger partial charge in [0.15, 0.2) is 0 Å². The average Bonchev–Trinajstić information content (AvgIpc) is 2.67. The SMILES string of the molecule is ClCC1NCCc2c1[nH]c1ccccc21. The van der Waals surface area contributed by atoms with E-state index in [0.717, 1.165) is 13.0 Å². The van der Waals surface area contributed by atoms with Crippen LogP contribution in [0.3, 0.4) is 0 Å². The molecule has 0 spiro atoms. The maximum absolute atomic E-state index is 5.95. The summed E-state index contributed by atoms with van der Waals surface area (Å²) in [5, 5.41) is 4.77. The van der Waals surface area contributed by atoms with Crippen molar-refractivity contribution in [2.45, 2.75) is 12.5 Å². The Kier molecular flexibility index (Phi) is 2.19. The maximum Gasteiger partial charge on any atom is 0.0613 e. The molecule has 2 aromatic rings. The van der Waals surface area contributed by atoms with Gasteiger partial charge in [-0.2, -0.15) is 0 Å². The molecule has 0 fully saturated rings. The van der Waals surface area contributed by atoms with Gasteiger partial charge in [-0.25, -0.2) is 0 Å². The van der Waals surface area contributed by atoms with Gasteiger partial charge in [-0.15, -0.1) is 11.6 Å². The number of benzene rings is 1. The fourth-order valence-electron chi connectivity index (χ4n) is 2.39. The summed E-state index contributed by atoms with van der Waals surface area (Å²) in [6.07, 6.45) is 1.09. The highest BCUT2D eigenvalue weighted by molar-refractivity contribution is 6.18. The number of alkyl halides is 1. The van der Waals surface area contributed by atoms with Gasteiger partial charge in [-0.05, 0) is 24.6 Å². The molecular formula is C12H13ClN2. The highest BCUT2D eigenvalue weighted by atomic mass is 35.5. The Morgan fingerprint density at radius 3 is 3.07 bits per heavy atom. The van der Waals surface area contributed by atoms with Crippen LogP contribution in [0.15, 0.2) is 24.3 Å². The highest BCUT2D eigenvalue weighted by Crippen LogP contribution is 2.30. The topological polar surface area (TPSA) is 27.8 Å². The molecule has 0 aliphatic carbocycles. The van der Waals surface area contributed by atoms with Crippen LogP contribution in [-0.2, 0) is 6.42 Å². The third kappa shape index (κ3) is 1.36. The quantitative estimate of drug-likeness (QED) is 0.711. The van der Waals surface area contributed by atoms with Crippen molar-refractivity contribution in [1.29, 1.82) is 0 Å². The van der Waals surface area contributed by atoms with Crippen molar-refractivity contribution in [3.8, 4) is 0 Å². The zero-order valence-electron chi connectivity index (χ0n) is 8.39. The molecule has 78 valence electrons. The van der Waals surface area contributed by atoms with Crippen LogP contribution in [0.1, 0.15) is 17.3 Å². The summed E-state index contributed by atoms with van der Waals surface area (Å²) >= 11 is 5.95. The van der Waals surface area contributed by atoms with Gasteiger partial charge in [0, 0.05) is 22.5 Å². The Labute approximate surface area is 93.6 Å². The fraction of sp³-hybridized carbons (Fsp3) is 0.333.